The fourth-order valence-electron chi connectivity index (χ4n) is 4.32. The quantitative estimate of drug-likeness (QED) is 0.676. The monoisotopic (exact) mass is 363 g/mol. The molecule has 2 nitrogen and oxygen atoms in total. The molecule has 0 atom stereocenters. The Kier molecular flexibility index (Phi) is 5.46. The molecule has 0 saturated heterocycles. The van der Waals surface area contributed by atoms with Crippen molar-refractivity contribution in [2.45, 2.75) is 68.5 Å². The second kappa shape index (κ2) is 7.50. The highest BCUT2D eigenvalue weighted by Crippen LogP contribution is 2.25. The van der Waals surface area contributed by atoms with E-state index in [0.29, 0.717) is 0 Å². The topological polar surface area (TPSA) is 6.25 Å². The minimum atomic E-state index is 1.02. The Labute approximate surface area is 165 Å². The van der Waals surface area contributed by atoms with Gasteiger partial charge >= 0.3 is 0 Å². The lowest BCUT2D eigenvalue weighted by Gasteiger charge is -2.16. The van der Waals surface area contributed by atoms with Gasteiger partial charge in [-0.05, 0) is 111 Å². The summed E-state index contributed by atoms with van der Waals surface area (Å²) in [6.07, 6.45) is 2.35. The van der Waals surface area contributed by atoms with E-state index >= 15 is 0 Å². The van der Waals surface area contributed by atoms with E-state index in [9.17, 15) is 0 Å². The van der Waals surface area contributed by atoms with E-state index in [1.54, 1.807) is 0 Å². The smallest absolute Gasteiger partial charge is 0.234 e. The van der Waals surface area contributed by atoms with E-state index in [0.717, 1.165) is 26.2 Å². The van der Waals surface area contributed by atoms with Crippen LogP contribution in [0.4, 0.5) is 0 Å². The summed E-state index contributed by atoms with van der Waals surface area (Å²) in [5.74, 6) is 0. The molecule has 1 aliphatic heterocycles. The van der Waals surface area contributed by atoms with Crippen LogP contribution in [0, 0.1) is 55.4 Å². The Morgan fingerprint density at radius 2 is 1.15 bits per heavy atom. The van der Waals surface area contributed by atoms with Gasteiger partial charge in [-0.1, -0.05) is 12.1 Å². The van der Waals surface area contributed by atoms with Gasteiger partial charge in [0, 0.05) is 0 Å². The Balaban J connectivity index is 1.83. The van der Waals surface area contributed by atoms with E-state index in [-0.39, 0.29) is 0 Å². The first-order valence-corrected chi connectivity index (χ1v) is 10.1. The first kappa shape index (κ1) is 19.7. The molecule has 2 heteroatoms. The zero-order valence-electron chi connectivity index (χ0n) is 18.5. The van der Waals surface area contributed by atoms with Crippen molar-refractivity contribution < 1.29 is 4.58 Å². The van der Waals surface area contributed by atoms with Gasteiger partial charge in [-0.2, -0.15) is 0 Å². The third-order valence-corrected chi connectivity index (χ3v) is 6.77. The van der Waals surface area contributed by atoms with Gasteiger partial charge in [0.15, 0.2) is 0 Å². The number of rotatable bonds is 4. The molecular formula is C25H35N2+. The first-order valence-electron chi connectivity index (χ1n) is 10.1. The van der Waals surface area contributed by atoms with Crippen LogP contribution in [-0.2, 0) is 13.1 Å². The Morgan fingerprint density at radius 3 is 1.63 bits per heavy atom. The summed E-state index contributed by atoms with van der Waals surface area (Å²) < 4.78 is 2.49. The van der Waals surface area contributed by atoms with Gasteiger partial charge in [0.25, 0.3) is 0 Å². The van der Waals surface area contributed by atoms with E-state index in [4.69, 9.17) is 0 Å². The van der Waals surface area contributed by atoms with Crippen LogP contribution >= 0.6 is 0 Å². The van der Waals surface area contributed by atoms with Crippen LogP contribution in [0.1, 0.15) is 55.6 Å². The molecule has 0 aliphatic carbocycles. The van der Waals surface area contributed by atoms with Gasteiger partial charge in [0.05, 0.1) is 0 Å². The summed E-state index contributed by atoms with van der Waals surface area (Å²) in [5, 5.41) is 0. The Hall–Kier alpha value is -2.09. The van der Waals surface area contributed by atoms with Gasteiger partial charge < -0.3 is 0 Å². The third-order valence-electron chi connectivity index (χ3n) is 6.77. The number of benzene rings is 2. The average Bonchev–Trinajstić information content (AvgIpc) is 3.06. The molecule has 144 valence electrons. The molecule has 2 aromatic rings. The largest absolute Gasteiger partial charge is 0.260 e. The molecule has 0 bridgehead atoms. The molecule has 27 heavy (non-hydrogen) atoms. The summed E-state index contributed by atoms with van der Waals surface area (Å²) in [7, 11) is 0. The third kappa shape index (κ3) is 3.81. The fraction of sp³-hybridized carbons (Fsp3) is 0.480. The Morgan fingerprint density at radius 1 is 0.704 bits per heavy atom. The number of aryl methyl sites for hydroxylation is 4. The molecule has 0 amide bonds. The number of hydrogen-bond donors (Lipinski definition) is 0. The minimum Gasteiger partial charge on any atom is -0.260 e. The van der Waals surface area contributed by atoms with Crippen molar-refractivity contribution in [2.24, 2.45) is 0 Å². The van der Waals surface area contributed by atoms with Gasteiger partial charge in [0.2, 0.25) is 6.34 Å². The number of hydrogen-bond acceptors (Lipinski definition) is 1. The maximum atomic E-state index is 2.49. The highest BCUT2D eigenvalue weighted by molar-refractivity contribution is 5.53. The normalized spacial score (nSPS) is 14.1. The van der Waals surface area contributed by atoms with Gasteiger partial charge in [-0.25, -0.2) is 0 Å². The standard InChI is InChI=1S/C25H35N2/c1-16-11-17(2)21(6)24(20(16)5)13-26-9-10-27(15-26)14-25-22(7)18(3)12-19(4)23(25)8/h11-12,15H,9-10,13-14H2,1-8H3/q+1. The molecule has 0 N–H and O–H groups in total. The van der Waals surface area contributed by atoms with Crippen molar-refractivity contribution in [3.8, 4) is 0 Å². The van der Waals surface area contributed by atoms with Crippen LogP contribution in [-0.4, -0.2) is 28.9 Å². The predicted molar refractivity (Wildman–Crippen MR) is 116 cm³/mol. The summed E-state index contributed by atoms with van der Waals surface area (Å²) in [5.41, 5.74) is 14.4. The second-order valence-corrected chi connectivity index (χ2v) is 8.53. The molecule has 0 unspecified atom stereocenters. The van der Waals surface area contributed by atoms with Crippen LogP contribution in [0.5, 0.6) is 0 Å². The molecule has 0 spiro atoms. The van der Waals surface area contributed by atoms with E-state index in [1.807, 2.05) is 0 Å². The highest BCUT2D eigenvalue weighted by Gasteiger charge is 2.23. The summed E-state index contributed by atoms with van der Waals surface area (Å²) >= 11 is 0. The van der Waals surface area contributed by atoms with Crippen LogP contribution < -0.4 is 0 Å². The van der Waals surface area contributed by atoms with Gasteiger partial charge in [-0.15, -0.1) is 0 Å². The molecule has 0 fully saturated rings. The van der Waals surface area contributed by atoms with E-state index in [1.165, 1.54) is 55.6 Å². The van der Waals surface area contributed by atoms with Crippen molar-refractivity contribution in [2.75, 3.05) is 13.1 Å². The maximum absolute atomic E-state index is 2.49. The van der Waals surface area contributed by atoms with Crippen LogP contribution in [0.25, 0.3) is 0 Å². The molecule has 1 aliphatic rings. The molecule has 0 aromatic heterocycles. The molecule has 2 aromatic carbocycles. The number of nitrogens with zero attached hydrogens (tertiary/aromatic N) is 2. The van der Waals surface area contributed by atoms with Crippen molar-refractivity contribution in [1.82, 2.24) is 4.90 Å². The SMILES string of the molecule is Cc1cc(C)c(C)c(CN2C=[N+](Cc3c(C)c(C)cc(C)c3C)CC2)c1C. The predicted octanol–water partition coefficient (Wildman–Crippen LogP) is 5.21. The lowest BCUT2D eigenvalue weighted by molar-refractivity contribution is -0.530. The molecule has 1 heterocycles. The maximum Gasteiger partial charge on any atom is 0.234 e. The van der Waals surface area contributed by atoms with Crippen LogP contribution in [0.3, 0.4) is 0 Å². The fourth-order valence-corrected chi connectivity index (χ4v) is 4.32. The second-order valence-electron chi connectivity index (χ2n) is 8.53. The molecule has 3 rings (SSSR count). The van der Waals surface area contributed by atoms with Crippen molar-refractivity contribution in [1.29, 1.82) is 0 Å². The molecule has 0 saturated carbocycles. The molecule has 0 radical (unpaired) electrons. The van der Waals surface area contributed by atoms with E-state index < -0.39 is 0 Å². The van der Waals surface area contributed by atoms with Gasteiger partial charge in [0.1, 0.15) is 26.2 Å². The van der Waals surface area contributed by atoms with Gasteiger partial charge in [-0.3, -0.25) is 9.48 Å². The molecular weight excluding hydrogens is 328 g/mol. The zero-order valence-corrected chi connectivity index (χ0v) is 18.5. The van der Waals surface area contributed by atoms with Crippen LogP contribution in [0.2, 0.25) is 0 Å². The van der Waals surface area contributed by atoms with E-state index in [2.05, 4.69) is 83.3 Å². The highest BCUT2D eigenvalue weighted by atomic mass is 15.3. The van der Waals surface area contributed by atoms with Crippen molar-refractivity contribution in [3.63, 3.8) is 0 Å². The first-order chi connectivity index (χ1) is 12.7. The van der Waals surface area contributed by atoms with Crippen LogP contribution in [0.15, 0.2) is 12.1 Å². The summed E-state index contributed by atoms with van der Waals surface area (Å²) in [4.78, 5) is 2.49. The lowest BCUT2D eigenvalue weighted by atomic mass is 9.94. The lowest BCUT2D eigenvalue weighted by Crippen LogP contribution is -2.20. The zero-order chi connectivity index (χ0) is 19.9. The average molecular weight is 364 g/mol. The van der Waals surface area contributed by atoms with Crippen molar-refractivity contribution in [3.05, 3.63) is 67.8 Å². The minimum absolute atomic E-state index is 1.02. The Bertz CT molecular complexity index is 866. The van der Waals surface area contributed by atoms with Crippen molar-refractivity contribution >= 4 is 6.34 Å². The summed E-state index contributed by atoms with van der Waals surface area (Å²) in [6.45, 7) is 22.3. The summed E-state index contributed by atoms with van der Waals surface area (Å²) in [6, 6.07) is 4.64.